The van der Waals surface area contributed by atoms with Gasteiger partial charge in [0.1, 0.15) is 11.9 Å². The summed E-state index contributed by atoms with van der Waals surface area (Å²) in [5.74, 6) is -0.281. The van der Waals surface area contributed by atoms with Crippen molar-refractivity contribution in [2.45, 2.75) is 39.2 Å². The first-order chi connectivity index (χ1) is 12.7. The second-order valence-electron chi connectivity index (χ2n) is 7.90. The van der Waals surface area contributed by atoms with Gasteiger partial charge in [-0.2, -0.15) is 0 Å². The van der Waals surface area contributed by atoms with Crippen molar-refractivity contribution in [2.75, 3.05) is 33.2 Å². The van der Waals surface area contributed by atoms with Crippen molar-refractivity contribution in [3.63, 3.8) is 0 Å². The number of ether oxygens (including phenoxy) is 1. The number of nitrogens with zero attached hydrogens (tertiary/aromatic N) is 2. The Kier molecular flexibility index (Phi) is 6.87. The van der Waals surface area contributed by atoms with Gasteiger partial charge in [0, 0.05) is 26.7 Å². The molecule has 0 bridgehead atoms. The molecular formula is C19H29N3O5. The van der Waals surface area contributed by atoms with Gasteiger partial charge in [-0.25, -0.2) is 4.79 Å². The third kappa shape index (κ3) is 6.62. The lowest BCUT2D eigenvalue weighted by Crippen LogP contribution is -2.47. The maximum absolute atomic E-state index is 12.4. The molecule has 3 amide bonds. The number of carbonyl (C=O) groups is 3. The summed E-state index contributed by atoms with van der Waals surface area (Å²) in [6, 6.07) is 1.54. The van der Waals surface area contributed by atoms with Crippen LogP contribution in [0.15, 0.2) is 23.0 Å². The van der Waals surface area contributed by atoms with Crippen LogP contribution in [0.25, 0.3) is 0 Å². The highest BCUT2D eigenvalue weighted by molar-refractivity contribution is 5.96. The fourth-order valence-electron chi connectivity index (χ4n) is 3.01. The lowest BCUT2D eigenvalue weighted by Gasteiger charge is -2.35. The Labute approximate surface area is 159 Å². The maximum atomic E-state index is 12.4. The van der Waals surface area contributed by atoms with Crippen molar-refractivity contribution >= 4 is 17.9 Å². The molecule has 1 N–H and O–H groups in total. The van der Waals surface area contributed by atoms with E-state index >= 15 is 0 Å². The van der Waals surface area contributed by atoms with E-state index < -0.39 is 5.60 Å². The van der Waals surface area contributed by atoms with E-state index in [1.165, 1.54) is 12.5 Å². The molecule has 1 aliphatic heterocycles. The van der Waals surface area contributed by atoms with E-state index in [1.807, 2.05) is 20.8 Å². The van der Waals surface area contributed by atoms with Gasteiger partial charge in [0.05, 0.1) is 18.4 Å². The summed E-state index contributed by atoms with van der Waals surface area (Å²) < 4.78 is 10.2. The van der Waals surface area contributed by atoms with Crippen molar-refractivity contribution in [1.82, 2.24) is 15.1 Å². The lowest BCUT2D eigenvalue weighted by atomic mass is 9.97. The first-order valence-electron chi connectivity index (χ1n) is 9.18. The number of carbonyl (C=O) groups excluding carboxylic acids is 3. The number of nitrogens with one attached hydrogen (secondary N) is 1. The highest BCUT2D eigenvalue weighted by Crippen LogP contribution is 2.18. The highest BCUT2D eigenvalue weighted by atomic mass is 16.6. The standard InChI is InChI=1S/C19H29N3O5/c1-19(2,3)27-18(25)21(4)11-14-6-5-8-22(12-14)16(23)10-20-17(24)15-7-9-26-13-15/h7,9,13-14H,5-6,8,10-12H2,1-4H3,(H,20,24). The van der Waals surface area contributed by atoms with Gasteiger partial charge in [0.25, 0.3) is 5.91 Å². The number of furan rings is 1. The van der Waals surface area contributed by atoms with Gasteiger partial charge in [-0.15, -0.1) is 0 Å². The molecule has 0 aromatic carbocycles. The summed E-state index contributed by atoms with van der Waals surface area (Å²) >= 11 is 0. The SMILES string of the molecule is CN(CC1CCCN(C(=O)CNC(=O)c2ccoc2)C1)C(=O)OC(C)(C)C. The Morgan fingerprint density at radius 2 is 2.11 bits per heavy atom. The molecule has 150 valence electrons. The average Bonchev–Trinajstić information content (AvgIpc) is 3.12. The third-order valence-corrected chi connectivity index (χ3v) is 4.29. The second-order valence-corrected chi connectivity index (χ2v) is 7.90. The fourth-order valence-corrected chi connectivity index (χ4v) is 3.01. The molecule has 1 atom stereocenters. The smallest absolute Gasteiger partial charge is 0.410 e. The van der Waals surface area contributed by atoms with E-state index in [9.17, 15) is 14.4 Å². The van der Waals surface area contributed by atoms with Crippen molar-refractivity contribution in [3.05, 3.63) is 24.2 Å². The number of rotatable bonds is 5. The molecule has 8 heteroatoms. The average molecular weight is 379 g/mol. The molecule has 0 aliphatic carbocycles. The number of hydrogen-bond acceptors (Lipinski definition) is 5. The van der Waals surface area contributed by atoms with Gasteiger partial charge in [-0.05, 0) is 45.6 Å². The molecule has 1 aliphatic rings. The number of likely N-dealkylation sites (tertiary alicyclic amines) is 1. The molecule has 1 fully saturated rings. The van der Waals surface area contributed by atoms with Crippen LogP contribution in [-0.2, 0) is 9.53 Å². The Bertz CT molecular complexity index is 651. The molecule has 1 aromatic rings. The Balaban J connectivity index is 1.79. The summed E-state index contributed by atoms with van der Waals surface area (Å²) in [6.07, 6.45) is 4.20. The largest absolute Gasteiger partial charge is 0.472 e. The van der Waals surface area contributed by atoms with Crippen LogP contribution in [0, 0.1) is 5.92 Å². The molecule has 1 saturated heterocycles. The van der Waals surface area contributed by atoms with Gasteiger partial charge in [0.2, 0.25) is 5.91 Å². The van der Waals surface area contributed by atoms with Crippen LogP contribution in [0.3, 0.4) is 0 Å². The predicted octanol–water partition coefficient (Wildman–Crippen LogP) is 2.11. The number of piperidine rings is 1. The Morgan fingerprint density at radius 1 is 1.37 bits per heavy atom. The molecule has 27 heavy (non-hydrogen) atoms. The van der Waals surface area contributed by atoms with E-state index in [0.29, 0.717) is 25.2 Å². The summed E-state index contributed by atoms with van der Waals surface area (Å²) in [6.45, 7) is 7.19. The minimum Gasteiger partial charge on any atom is -0.472 e. The van der Waals surface area contributed by atoms with Crippen molar-refractivity contribution in [2.24, 2.45) is 5.92 Å². The number of hydrogen-bond donors (Lipinski definition) is 1. The summed E-state index contributed by atoms with van der Waals surface area (Å²) in [5.41, 5.74) is -0.147. The zero-order chi connectivity index (χ0) is 20.0. The van der Waals surface area contributed by atoms with Crippen molar-refractivity contribution in [1.29, 1.82) is 0 Å². The maximum Gasteiger partial charge on any atom is 0.410 e. The minimum atomic E-state index is -0.535. The monoisotopic (exact) mass is 379 g/mol. The van der Waals surface area contributed by atoms with E-state index in [2.05, 4.69) is 5.32 Å². The second kappa shape index (κ2) is 8.92. The molecular weight excluding hydrogens is 350 g/mol. The van der Waals surface area contributed by atoms with Crippen LogP contribution in [-0.4, -0.2) is 66.5 Å². The molecule has 2 rings (SSSR count). The molecule has 1 aromatic heterocycles. The van der Waals surface area contributed by atoms with Crippen LogP contribution in [0.2, 0.25) is 0 Å². The van der Waals surface area contributed by atoms with Crippen LogP contribution in [0.4, 0.5) is 4.79 Å². The van der Waals surface area contributed by atoms with Crippen molar-refractivity contribution in [3.8, 4) is 0 Å². The molecule has 1 unspecified atom stereocenters. The summed E-state index contributed by atoms with van der Waals surface area (Å²) in [5, 5.41) is 2.61. The normalized spacial score (nSPS) is 17.3. The number of amides is 3. The third-order valence-electron chi connectivity index (χ3n) is 4.29. The lowest BCUT2D eigenvalue weighted by molar-refractivity contribution is -0.132. The van der Waals surface area contributed by atoms with Gasteiger partial charge in [0.15, 0.2) is 0 Å². The van der Waals surface area contributed by atoms with Crippen LogP contribution < -0.4 is 5.32 Å². The van der Waals surface area contributed by atoms with E-state index in [4.69, 9.17) is 9.15 Å². The molecule has 0 saturated carbocycles. The van der Waals surface area contributed by atoms with Gasteiger partial charge >= 0.3 is 6.09 Å². The van der Waals surface area contributed by atoms with E-state index in [0.717, 1.165) is 12.8 Å². The molecule has 0 radical (unpaired) electrons. The fraction of sp³-hybridized carbons (Fsp3) is 0.632. The summed E-state index contributed by atoms with van der Waals surface area (Å²) in [4.78, 5) is 39.7. The Morgan fingerprint density at radius 3 is 2.74 bits per heavy atom. The van der Waals surface area contributed by atoms with E-state index in [-0.39, 0.29) is 30.4 Å². The van der Waals surface area contributed by atoms with Crippen molar-refractivity contribution < 1.29 is 23.5 Å². The van der Waals surface area contributed by atoms with Crippen LogP contribution in [0.1, 0.15) is 44.0 Å². The van der Waals surface area contributed by atoms with Gasteiger partial charge in [-0.3, -0.25) is 9.59 Å². The highest BCUT2D eigenvalue weighted by Gasteiger charge is 2.27. The Hall–Kier alpha value is -2.51. The van der Waals surface area contributed by atoms with E-state index in [1.54, 1.807) is 22.9 Å². The quantitative estimate of drug-likeness (QED) is 0.846. The zero-order valence-corrected chi connectivity index (χ0v) is 16.5. The minimum absolute atomic E-state index is 0.0569. The first kappa shape index (κ1) is 20.8. The van der Waals surface area contributed by atoms with Crippen LogP contribution >= 0.6 is 0 Å². The summed E-state index contributed by atoms with van der Waals surface area (Å²) in [7, 11) is 1.71. The van der Waals surface area contributed by atoms with Crippen LogP contribution in [0.5, 0.6) is 0 Å². The molecule has 0 spiro atoms. The van der Waals surface area contributed by atoms with Gasteiger partial charge < -0.3 is 24.3 Å². The zero-order valence-electron chi connectivity index (χ0n) is 16.5. The molecule has 2 heterocycles. The van der Waals surface area contributed by atoms with Gasteiger partial charge in [-0.1, -0.05) is 0 Å². The molecule has 8 nitrogen and oxygen atoms in total. The predicted molar refractivity (Wildman–Crippen MR) is 99.2 cm³/mol. The topological polar surface area (TPSA) is 92.1 Å². The first-order valence-corrected chi connectivity index (χ1v) is 9.18.